The zero-order valence-corrected chi connectivity index (χ0v) is 12.4. The Labute approximate surface area is 123 Å². The summed E-state index contributed by atoms with van der Waals surface area (Å²) in [5.74, 6) is 0. The van der Waals surface area contributed by atoms with Gasteiger partial charge in [-0.15, -0.1) is 11.3 Å². The molecule has 0 saturated heterocycles. The summed E-state index contributed by atoms with van der Waals surface area (Å²) >= 11 is 5.14. The van der Waals surface area contributed by atoms with Crippen LogP contribution in [0.15, 0.2) is 63.5 Å². The summed E-state index contributed by atoms with van der Waals surface area (Å²) < 4.78 is 1.07. The second kappa shape index (κ2) is 5.55. The molecule has 0 atom stereocenters. The second-order valence-electron chi connectivity index (χ2n) is 4.03. The smallest absolute Gasteiger partial charge is 0.0656 e. The molecule has 0 fully saturated rings. The van der Waals surface area contributed by atoms with Crippen molar-refractivity contribution in [2.24, 2.45) is 5.10 Å². The van der Waals surface area contributed by atoms with Gasteiger partial charge in [0.1, 0.15) is 0 Å². The van der Waals surface area contributed by atoms with Crippen LogP contribution in [0.5, 0.6) is 0 Å². The van der Waals surface area contributed by atoms with Gasteiger partial charge in [0.05, 0.1) is 16.8 Å². The van der Waals surface area contributed by atoms with Gasteiger partial charge in [0.2, 0.25) is 0 Å². The topological polar surface area (TPSA) is 24.4 Å². The number of benzene rings is 2. The molecule has 3 aromatic rings. The van der Waals surface area contributed by atoms with Crippen molar-refractivity contribution < 1.29 is 0 Å². The third-order valence-electron chi connectivity index (χ3n) is 2.80. The van der Waals surface area contributed by atoms with Crippen LogP contribution in [0.2, 0.25) is 0 Å². The number of hydrogen-bond acceptors (Lipinski definition) is 3. The highest BCUT2D eigenvalue weighted by Crippen LogP contribution is 2.23. The molecule has 0 aliphatic carbocycles. The van der Waals surface area contributed by atoms with Crippen LogP contribution in [0, 0.1) is 0 Å². The molecular weight excluding hydrogens is 320 g/mol. The number of fused-ring (bicyclic) bond motifs is 1. The Balaban J connectivity index is 1.86. The van der Waals surface area contributed by atoms with E-state index in [0.717, 1.165) is 15.0 Å². The highest BCUT2D eigenvalue weighted by atomic mass is 79.9. The molecule has 19 heavy (non-hydrogen) atoms. The average molecular weight is 331 g/mol. The first-order chi connectivity index (χ1) is 9.34. The summed E-state index contributed by atoms with van der Waals surface area (Å²) in [6, 6.07) is 16.4. The van der Waals surface area contributed by atoms with E-state index >= 15 is 0 Å². The maximum Gasteiger partial charge on any atom is 0.0656 e. The molecule has 3 rings (SSSR count). The van der Waals surface area contributed by atoms with Gasteiger partial charge < -0.3 is 0 Å². The number of nitrogens with one attached hydrogen (secondary N) is 1. The lowest BCUT2D eigenvalue weighted by molar-refractivity contribution is 1.37. The van der Waals surface area contributed by atoms with Crippen molar-refractivity contribution in [2.45, 2.75) is 0 Å². The van der Waals surface area contributed by atoms with E-state index in [2.05, 4.69) is 44.7 Å². The molecule has 0 amide bonds. The van der Waals surface area contributed by atoms with Gasteiger partial charge in [0.15, 0.2) is 0 Å². The van der Waals surface area contributed by atoms with E-state index < -0.39 is 0 Å². The third-order valence-corrected chi connectivity index (χ3v) is 4.61. The largest absolute Gasteiger partial charge is 0.278 e. The van der Waals surface area contributed by atoms with Gasteiger partial charge in [-0.3, -0.25) is 5.43 Å². The minimum Gasteiger partial charge on any atom is -0.278 e. The molecule has 1 aromatic heterocycles. The van der Waals surface area contributed by atoms with Gasteiger partial charge in [-0.2, -0.15) is 5.10 Å². The van der Waals surface area contributed by atoms with Crippen LogP contribution in [0.4, 0.5) is 5.69 Å². The molecular formula is C15H11BrN2S. The molecule has 0 spiro atoms. The second-order valence-corrected chi connectivity index (χ2v) is 5.83. The van der Waals surface area contributed by atoms with Crippen LogP contribution in [0.3, 0.4) is 0 Å². The Morgan fingerprint density at radius 3 is 2.74 bits per heavy atom. The molecule has 94 valence electrons. The number of rotatable bonds is 3. The van der Waals surface area contributed by atoms with Crippen molar-refractivity contribution in [3.63, 3.8) is 0 Å². The number of hydrazone groups is 1. The molecule has 2 nitrogen and oxygen atoms in total. The number of anilines is 1. The molecule has 0 unspecified atom stereocenters. The van der Waals surface area contributed by atoms with E-state index in [1.165, 1.54) is 10.8 Å². The molecule has 0 radical (unpaired) electrons. The van der Waals surface area contributed by atoms with E-state index in [1.807, 2.05) is 41.9 Å². The zero-order valence-electron chi connectivity index (χ0n) is 10.0. The lowest BCUT2D eigenvalue weighted by Crippen LogP contribution is -1.90. The van der Waals surface area contributed by atoms with Crippen LogP contribution < -0.4 is 5.43 Å². The number of nitrogens with zero attached hydrogens (tertiary/aromatic N) is 1. The quantitative estimate of drug-likeness (QED) is 0.523. The fraction of sp³-hybridized carbons (Fsp3) is 0. The molecule has 1 N–H and O–H groups in total. The Hall–Kier alpha value is -1.65. The van der Waals surface area contributed by atoms with Crippen LogP contribution in [0.1, 0.15) is 4.88 Å². The lowest BCUT2D eigenvalue weighted by Gasteiger charge is -2.04. The summed E-state index contributed by atoms with van der Waals surface area (Å²) in [6.45, 7) is 0. The van der Waals surface area contributed by atoms with Crippen LogP contribution >= 0.6 is 27.3 Å². The molecule has 2 aromatic carbocycles. The zero-order chi connectivity index (χ0) is 13.1. The van der Waals surface area contributed by atoms with Crippen LogP contribution in [0.25, 0.3) is 10.8 Å². The molecule has 4 heteroatoms. The summed E-state index contributed by atoms with van der Waals surface area (Å²) in [4.78, 5) is 1.10. The lowest BCUT2D eigenvalue weighted by atomic mass is 10.1. The molecule has 0 aliphatic heterocycles. The van der Waals surface area contributed by atoms with E-state index in [0.29, 0.717) is 0 Å². The fourth-order valence-electron chi connectivity index (χ4n) is 1.88. The monoisotopic (exact) mass is 330 g/mol. The summed E-state index contributed by atoms with van der Waals surface area (Å²) in [5.41, 5.74) is 4.12. The maximum atomic E-state index is 4.30. The van der Waals surface area contributed by atoms with Gasteiger partial charge in [-0.25, -0.2) is 0 Å². The molecule has 0 aliphatic rings. The summed E-state index contributed by atoms with van der Waals surface area (Å²) in [7, 11) is 0. The van der Waals surface area contributed by atoms with Crippen molar-refractivity contribution in [1.29, 1.82) is 0 Å². The third kappa shape index (κ3) is 2.69. The molecule has 0 saturated carbocycles. The Kier molecular flexibility index (Phi) is 3.62. The van der Waals surface area contributed by atoms with Crippen molar-refractivity contribution >= 4 is 49.9 Å². The fourth-order valence-corrected chi connectivity index (χ4v) is 3.22. The first-order valence-corrected chi connectivity index (χ1v) is 7.52. The number of halogens is 1. The van der Waals surface area contributed by atoms with Crippen molar-refractivity contribution in [3.8, 4) is 0 Å². The summed E-state index contributed by atoms with van der Waals surface area (Å²) in [5, 5.41) is 8.71. The molecule has 1 heterocycles. The first kappa shape index (κ1) is 12.4. The van der Waals surface area contributed by atoms with Gasteiger partial charge >= 0.3 is 0 Å². The van der Waals surface area contributed by atoms with Crippen molar-refractivity contribution in [3.05, 3.63) is 63.3 Å². The Bertz CT molecular complexity index is 728. The highest BCUT2D eigenvalue weighted by molar-refractivity contribution is 9.10. The SMILES string of the molecule is Brc1ccsc1C=NNc1cccc2ccccc12. The Morgan fingerprint density at radius 2 is 1.89 bits per heavy atom. The predicted octanol–water partition coefficient (Wildman–Crippen LogP) is 5.11. The first-order valence-electron chi connectivity index (χ1n) is 5.84. The van der Waals surface area contributed by atoms with Gasteiger partial charge in [0, 0.05) is 9.86 Å². The number of thiophene rings is 1. The standard InChI is InChI=1S/C15H11BrN2S/c16-13-8-9-19-15(13)10-17-18-14-7-3-5-11-4-1-2-6-12(11)14/h1-10,18H. The Morgan fingerprint density at radius 1 is 1.05 bits per heavy atom. The summed E-state index contributed by atoms with van der Waals surface area (Å²) in [6.07, 6.45) is 1.83. The van der Waals surface area contributed by atoms with E-state index in [9.17, 15) is 0 Å². The van der Waals surface area contributed by atoms with Crippen molar-refractivity contribution in [2.75, 3.05) is 5.43 Å². The van der Waals surface area contributed by atoms with Crippen LogP contribution in [-0.4, -0.2) is 6.21 Å². The van der Waals surface area contributed by atoms with Gasteiger partial charge in [0.25, 0.3) is 0 Å². The van der Waals surface area contributed by atoms with Gasteiger partial charge in [-0.05, 0) is 38.8 Å². The van der Waals surface area contributed by atoms with Crippen LogP contribution in [-0.2, 0) is 0 Å². The predicted molar refractivity (Wildman–Crippen MR) is 87.2 cm³/mol. The van der Waals surface area contributed by atoms with E-state index in [1.54, 1.807) is 11.3 Å². The van der Waals surface area contributed by atoms with Crippen molar-refractivity contribution in [1.82, 2.24) is 0 Å². The molecule has 0 bridgehead atoms. The van der Waals surface area contributed by atoms with E-state index in [-0.39, 0.29) is 0 Å². The minimum absolute atomic E-state index is 1.02. The minimum atomic E-state index is 1.02. The maximum absolute atomic E-state index is 4.30. The normalized spacial score (nSPS) is 11.2. The number of hydrogen-bond donors (Lipinski definition) is 1. The average Bonchev–Trinajstić information content (AvgIpc) is 2.85. The highest BCUT2D eigenvalue weighted by Gasteiger charge is 1.99. The van der Waals surface area contributed by atoms with Gasteiger partial charge in [-0.1, -0.05) is 36.4 Å². The van der Waals surface area contributed by atoms with E-state index in [4.69, 9.17) is 0 Å².